The molecular formula is C13H17N2O9P. The van der Waals surface area contributed by atoms with E-state index in [1.807, 2.05) is 0 Å². The summed E-state index contributed by atoms with van der Waals surface area (Å²) < 4.78 is 20.1. The summed E-state index contributed by atoms with van der Waals surface area (Å²) in [6, 6.07) is -1.24. The summed E-state index contributed by atoms with van der Waals surface area (Å²) in [5, 5.41) is 8.66. The third kappa shape index (κ3) is 6.69. The monoisotopic (exact) mass is 376 g/mol. The van der Waals surface area contributed by atoms with Crippen LogP contribution in [0.3, 0.4) is 0 Å². The lowest BCUT2D eigenvalue weighted by Gasteiger charge is -2.13. The Kier molecular flexibility index (Phi) is 7.34. The third-order valence-corrected chi connectivity index (χ3v) is 3.50. The number of carboxylic acids is 1. The van der Waals surface area contributed by atoms with E-state index in [9.17, 15) is 18.9 Å². The normalized spacial score (nSPS) is 12.5. The molecule has 0 radical (unpaired) electrons. The standard InChI is InChI=1S/C13H17N2O9P/c1-7-12(24-11(17)3-2-10(14)13(18)19)9(5-16)8(4-15-7)6-23-25(20,21)22/h4-5,10H,2-3,6,14H2,1H3,(H,18,19)(H2,20,21,22)/t10-/m0/s1. The molecule has 0 aromatic carbocycles. The van der Waals surface area contributed by atoms with Crippen molar-refractivity contribution >= 4 is 26.0 Å². The SMILES string of the molecule is Cc1ncc(COP(=O)(O)O)c(C=O)c1OC(=O)CC[C@H](N)C(=O)O. The number of aryl methyl sites for hydroxylation is 1. The molecule has 0 aliphatic rings. The molecule has 0 saturated carbocycles. The molecule has 1 aromatic rings. The molecule has 138 valence electrons. The first-order valence-corrected chi connectivity index (χ1v) is 8.41. The van der Waals surface area contributed by atoms with Crippen molar-refractivity contribution in [3.63, 3.8) is 0 Å². The quantitative estimate of drug-likeness (QED) is 0.256. The fourth-order valence-electron chi connectivity index (χ4n) is 1.73. The Hall–Kier alpha value is -2.17. The number of aromatic nitrogens is 1. The first-order chi connectivity index (χ1) is 11.5. The molecule has 11 nitrogen and oxygen atoms in total. The Morgan fingerprint density at radius 3 is 2.60 bits per heavy atom. The number of carbonyl (C=O) groups is 3. The van der Waals surface area contributed by atoms with Gasteiger partial charge in [-0.05, 0) is 13.3 Å². The van der Waals surface area contributed by atoms with Gasteiger partial charge in [0.15, 0.2) is 12.0 Å². The zero-order valence-electron chi connectivity index (χ0n) is 13.1. The van der Waals surface area contributed by atoms with Gasteiger partial charge in [0.1, 0.15) is 6.04 Å². The van der Waals surface area contributed by atoms with E-state index in [1.165, 1.54) is 6.92 Å². The molecule has 0 fully saturated rings. The third-order valence-electron chi connectivity index (χ3n) is 3.03. The maximum Gasteiger partial charge on any atom is 0.469 e. The zero-order valence-corrected chi connectivity index (χ0v) is 14.0. The van der Waals surface area contributed by atoms with E-state index in [4.69, 9.17) is 25.4 Å². The molecule has 1 aromatic heterocycles. The lowest BCUT2D eigenvalue weighted by Crippen LogP contribution is -2.31. The Morgan fingerprint density at radius 2 is 2.08 bits per heavy atom. The number of aldehydes is 1. The van der Waals surface area contributed by atoms with Crippen LogP contribution in [-0.4, -0.2) is 44.1 Å². The second kappa shape index (κ2) is 8.79. The molecular weight excluding hydrogens is 359 g/mol. The molecule has 0 bridgehead atoms. The minimum Gasteiger partial charge on any atom is -0.480 e. The smallest absolute Gasteiger partial charge is 0.469 e. The molecule has 25 heavy (non-hydrogen) atoms. The van der Waals surface area contributed by atoms with E-state index in [1.54, 1.807) is 0 Å². The average Bonchev–Trinajstić information content (AvgIpc) is 2.52. The lowest BCUT2D eigenvalue weighted by molar-refractivity contribution is -0.139. The second-order valence-corrected chi connectivity index (χ2v) is 6.19. The highest BCUT2D eigenvalue weighted by atomic mass is 31.2. The van der Waals surface area contributed by atoms with Gasteiger partial charge in [0.25, 0.3) is 0 Å². The van der Waals surface area contributed by atoms with Crippen LogP contribution in [0.4, 0.5) is 0 Å². The van der Waals surface area contributed by atoms with E-state index in [2.05, 4.69) is 9.51 Å². The largest absolute Gasteiger partial charge is 0.480 e. The van der Waals surface area contributed by atoms with Crippen LogP contribution < -0.4 is 10.5 Å². The predicted molar refractivity (Wildman–Crippen MR) is 81.7 cm³/mol. The summed E-state index contributed by atoms with van der Waals surface area (Å²) in [6.07, 6.45) is 1.01. The van der Waals surface area contributed by atoms with Crippen molar-refractivity contribution in [2.24, 2.45) is 5.73 Å². The molecule has 0 amide bonds. The maximum absolute atomic E-state index is 11.8. The Labute approximate surface area is 142 Å². The van der Waals surface area contributed by atoms with E-state index in [-0.39, 0.29) is 35.4 Å². The summed E-state index contributed by atoms with van der Waals surface area (Å²) in [5.41, 5.74) is 5.31. The van der Waals surface area contributed by atoms with Crippen molar-refractivity contribution in [2.45, 2.75) is 32.4 Å². The van der Waals surface area contributed by atoms with Crippen molar-refractivity contribution in [1.29, 1.82) is 0 Å². The number of esters is 1. The van der Waals surface area contributed by atoms with Crippen molar-refractivity contribution in [2.75, 3.05) is 0 Å². The van der Waals surface area contributed by atoms with Crippen LogP contribution in [0.15, 0.2) is 6.20 Å². The molecule has 0 spiro atoms. The number of hydrogen-bond donors (Lipinski definition) is 4. The van der Waals surface area contributed by atoms with Crippen LogP contribution >= 0.6 is 7.82 Å². The highest BCUT2D eigenvalue weighted by Crippen LogP contribution is 2.37. The highest BCUT2D eigenvalue weighted by Gasteiger charge is 2.21. The van der Waals surface area contributed by atoms with E-state index in [0.717, 1.165) is 6.20 Å². The van der Waals surface area contributed by atoms with Gasteiger partial charge >= 0.3 is 19.8 Å². The number of carbonyl (C=O) groups excluding carboxylic acids is 2. The number of rotatable bonds is 9. The van der Waals surface area contributed by atoms with Gasteiger partial charge in [-0.25, -0.2) is 4.57 Å². The fraction of sp³-hybridized carbons (Fsp3) is 0.385. The summed E-state index contributed by atoms with van der Waals surface area (Å²) in [7, 11) is -4.77. The Morgan fingerprint density at radius 1 is 1.44 bits per heavy atom. The van der Waals surface area contributed by atoms with Crippen LogP contribution in [-0.2, 0) is 25.3 Å². The van der Waals surface area contributed by atoms with Gasteiger partial charge in [-0.1, -0.05) is 0 Å². The van der Waals surface area contributed by atoms with Crippen molar-refractivity contribution < 1.29 is 43.1 Å². The predicted octanol–water partition coefficient (Wildman–Crippen LogP) is -0.0907. The van der Waals surface area contributed by atoms with Crippen LogP contribution in [0.2, 0.25) is 0 Å². The fourth-order valence-corrected chi connectivity index (χ4v) is 2.04. The highest BCUT2D eigenvalue weighted by molar-refractivity contribution is 7.46. The molecule has 1 rings (SSSR count). The molecule has 5 N–H and O–H groups in total. The van der Waals surface area contributed by atoms with Gasteiger partial charge in [-0.3, -0.25) is 23.9 Å². The Bertz CT molecular complexity index is 716. The molecule has 0 saturated heterocycles. The zero-order chi connectivity index (χ0) is 19.2. The minimum absolute atomic E-state index is 0.00830. The first-order valence-electron chi connectivity index (χ1n) is 6.88. The van der Waals surface area contributed by atoms with Gasteiger partial charge in [0.05, 0.1) is 17.9 Å². The van der Waals surface area contributed by atoms with E-state index < -0.39 is 32.4 Å². The lowest BCUT2D eigenvalue weighted by atomic mass is 10.1. The van der Waals surface area contributed by atoms with Crippen molar-refractivity contribution in [3.8, 4) is 5.75 Å². The molecule has 1 atom stereocenters. The molecule has 0 unspecified atom stereocenters. The van der Waals surface area contributed by atoms with Crippen molar-refractivity contribution in [3.05, 3.63) is 23.0 Å². The first kappa shape index (κ1) is 20.9. The van der Waals surface area contributed by atoms with E-state index >= 15 is 0 Å². The van der Waals surface area contributed by atoms with E-state index in [0.29, 0.717) is 6.29 Å². The molecule has 1 heterocycles. The summed E-state index contributed by atoms with van der Waals surface area (Å²) >= 11 is 0. The van der Waals surface area contributed by atoms with Gasteiger partial charge in [0.2, 0.25) is 0 Å². The molecule has 0 aliphatic heterocycles. The van der Waals surface area contributed by atoms with Crippen molar-refractivity contribution in [1.82, 2.24) is 4.98 Å². The van der Waals surface area contributed by atoms with Crippen LogP contribution in [0.1, 0.15) is 34.5 Å². The number of pyridine rings is 1. The maximum atomic E-state index is 11.8. The number of aliphatic carboxylic acids is 1. The number of hydrogen-bond acceptors (Lipinski definition) is 8. The summed E-state index contributed by atoms with van der Waals surface area (Å²) in [4.78, 5) is 55.0. The van der Waals surface area contributed by atoms with Gasteiger partial charge in [-0.15, -0.1) is 0 Å². The van der Waals surface area contributed by atoms with Gasteiger partial charge in [0, 0.05) is 18.2 Å². The van der Waals surface area contributed by atoms with Gasteiger partial charge in [-0.2, -0.15) is 0 Å². The number of phosphoric acid groups is 1. The average molecular weight is 376 g/mol. The second-order valence-electron chi connectivity index (χ2n) is 4.95. The number of ether oxygens (including phenoxy) is 1. The van der Waals surface area contributed by atoms with Crippen LogP contribution in [0.25, 0.3) is 0 Å². The van der Waals surface area contributed by atoms with Crippen LogP contribution in [0.5, 0.6) is 5.75 Å². The number of carboxylic acid groups (broad SMARTS) is 1. The number of phosphoric ester groups is 1. The Balaban J connectivity index is 2.94. The summed E-state index contributed by atoms with van der Waals surface area (Å²) in [6.45, 7) is 0.826. The molecule has 0 aliphatic carbocycles. The number of nitrogens with zero attached hydrogens (tertiary/aromatic N) is 1. The topological polar surface area (TPSA) is 186 Å². The number of nitrogens with two attached hydrogens (primary N) is 1. The van der Waals surface area contributed by atoms with Crippen LogP contribution in [0, 0.1) is 6.92 Å². The minimum atomic E-state index is -4.77. The van der Waals surface area contributed by atoms with Gasteiger partial charge < -0.3 is 25.4 Å². The summed E-state index contributed by atoms with van der Waals surface area (Å²) in [5.74, 6) is -2.30. The molecule has 12 heteroatoms.